The molecule has 6 heteroatoms. The zero-order chi connectivity index (χ0) is 15.4. The minimum atomic E-state index is -1.05. The van der Waals surface area contributed by atoms with E-state index in [0.29, 0.717) is 5.56 Å². The van der Waals surface area contributed by atoms with E-state index < -0.39 is 29.3 Å². The van der Waals surface area contributed by atoms with Crippen LogP contribution in [0.4, 0.5) is 0 Å². The molecule has 0 aromatic heterocycles. The predicted molar refractivity (Wildman–Crippen MR) is 75.1 cm³/mol. The van der Waals surface area contributed by atoms with E-state index in [2.05, 4.69) is 5.32 Å². The van der Waals surface area contributed by atoms with Crippen molar-refractivity contribution in [2.45, 2.75) is 12.6 Å². The van der Waals surface area contributed by atoms with Crippen molar-refractivity contribution in [3.63, 3.8) is 0 Å². The molecule has 1 unspecified atom stereocenters. The lowest BCUT2D eigenvalue weighted by molar-refractivity contribution is -0.139. The van der Waals surface area contributed by atoms with E-state index in [1.807, 2.05) is 0 Å². The van der Waals surface area contributed by atoms with Crippen LogP contribution in [0.3, 0.4) is 0 Å². The number of carboxylic acids is 1. The van der Waals surface area contributed by atoms with Crippen molar-refractivity contribution in [3.8, 4) is 17.2 Å². The Kier molecular flexibility index (Phi) is 4.30. The maximum absolute atomic E-state index is 11.3. The molecule has 0 aliphatic rings. The van der Waals surface area contributed by atoms with Crippen LogP contribution in [0.15, 0.2) is 42.5 Å². The number of phenolic OH excluding ortho intramolecular Hbond substituents is 3. The molecule has 0 bridgehead atoms. The summed E-state index contributed by atoms with van der Waals surface area (Å²) >= 11 is 0. The highest BCUT2D eigenvalue weighted by atomic mass is 16.4. The van der Waals surface area contributed by atoms with Gasteiger partial charge >= 0.3 is 5.97 Å². The Hall–Kier alpha value is -2.73. The van der Waals surface area contributed by atoms with Gasteiger partial charge in [-0.15, -0.1) is 0 Å². The summed E-state index contributed by atoms with van der Waals surface area (Å²) < 4.78 is 0. The summed E-state index contributed by atoms with van der Waals surface area (Å²) in [5.41, 5.74) is 0.861. The smallest absolute Gasteiger partial charge is 0.325 e. The first-order chi connectivity index (χ1) is 10.0. The topological polar surface area (TPSA) is 110 Å². The molecule has 2 rings (SSSR count). The zero-order valence-corrected chi connectivity index (χ0v) is 11.0. The largest absolute Gasteiger partial charge is 0.504 e. The summed E-state index contributed by atoms with van der Waals surface area (Å²) in [5.74, 6) is -2.58. The molecule has 0 amide bonds. The lowest BCUT2D eigenvalue weighted by Crippen LogP contribution is -2.28. The van der Waals surface area contributed by atoms with Gasteiger partial charge < -0.3 is 20.4 Å². The average Bonchev–Trinajstić information content (AvgIpc) is 2.48. The van der Waals surface area contributed by atoms with Crippen molar-refractivity contribution in [2.75, 3.05) is 0 Å². The minimum Gasteiger partial charge on any atom is -0.504 e. The summed E-state index contributed by atoms with van der Waals surface area (Å²) in [5, 5.41) is 40.4. The number of benzene rings is 2. The van der Waals surface area contributed by atoms with Crippen molar-refractivity contribution < 1.29 is 25.2 Å². The van der Waals surface area contributed by atoms with E-state index in [9.17, 15) is 25.2 Å². The van der Waals surface area contributed by atoms with Crippen LogP contribution in [0.25, 0.3) is 0 Å². The highest BCUT2D eigenvalue weighted by Crippen LogP contribution is 2.37. The van der Waals surface area contributed by atoms with Gasteiger partial charge in [-0.2, -0.15) is 0 Å². The molecular weight excluding hydrogens is 274 g/mol. The Morgan fingerprint density at radius 1 is 1.00 bits per heavy atom. The molecule has 0 fully saturated rings. The van der Waals surface area contributed by atoms with E-state index in [1.165, 1.54) is 12.1 Å². The number of aliphatic carboxylic acids is 1. The number of nitrogens with one attached hydrogen (secondary N) is 1. The van der Waals surface area contributed by atoms with Gasteiger partial charge in [-0.1, -0.05) is 36.4 Å². The number of phenols is 3. The summed E-state index contributed by atoms with van der Waals surface area (Å²) in [4.78, 5) is 11.3. The molecule has 0 spiro atoms. The summed E-state index contributed by atoms with van der Waals surface area (Å²) in [6.45, 7) is 0.0194. The fourth-order valence-corrected chi connectivity index (χ4v) is 1.96. The number of carboxylic acid groups (broad SMARTS) is 1. The molecule has 0 aliphatic heterocycles. The third-order valence-electron chi connectivity index (χ3n) is 3.09. The van der Waals surface area contributed by atoms with Crippen LogP contribution in [-0.4, -0.2) is 26.4 Å². The number of aromatic hydroxyl groups is 3. The fraction of sp³-hybridized carbons (Fsp3) is 0.133. The summed E-state index contributed by atoms with van der Waals surface area (Å²) in [6, 6.07) is 10.3. The lowest BCUT2D eigenvalue weighted by atomic mass is 10.1. The number of hydrogen-bond donors (Lipinski definition) is 5. The Morgan fingerprint density at radius 3 is 2.29 bits per heavy atom. The van der Waals surface area contributed by atoms with Crippen LogP contribution >= 0.6 is 0 Å². The molecule has 1 atom stereocenters. The number of carbonyl (C=O) groups is 1. The van der Waals surface area contributed by atoms with Crippen LogP contribution in [0.5, 0.6) is 17.2 Å². The van der Waals surface area contributed by atoms with Crippen LogP contribution in [0.2, 0.25) is 0 Å². The van der Waals surface area contributed by atoms with E-state index in [4.69, 9.17) is 0 Å². The predicted octanol–water partition coefficient (Wildman–Crippen LogP) is 1.72. The highest BCUT2D eigenvalue weighted by molar-refractivity contribution is 5.75. The summed E-state index contributed by atoms with van der Waals surface area (Å²) in [7, 11) is 0. The fourth-order valence-electron chi connectivity index (χ4n) is 1.96. The quantitative estimate of drug-likeness (QED) is 0.536. The molecule has 0 aliphatic carbocycles. The van der Waals surface area contributed by atoms with Gasteiger partial charge in [0, 0.05) is 12.1 Å². The van der Waals surface area contributed by atoms with E-state index in [1.54, 1.807) is 30.3 Å². The third kappa shape index (κ3) is 3.24. The van der Waals surface area contributed by atoms with Crippen molar-refractivity contribution >= 4 is 5.97 Å². The Morgan fingerprint density at radius 2 is 1.67 bits per heavy atom. The first kappa shape index (κ1) is 14.7. The standard InChI is InChI=1S/C15H15NO5/c17-11-7-6-10(13(18)14(11)19)8-16-12(15(20)21)9-4-2-1-3-5-9/h1-7,12,16-19H,8H2,(H,20,21). The van der Waals surface area contributed by atoms with Gasteiger partial charge in [0.1, 0.15) is 6.04 Å². The number of hydrogen-bond acceptors (Lipinski definition) is 5. The molecule has 6 nitrogen and oxygen atoms in total. The van der Waals surface area contributed by atoms with Crippen LogP contribution in [0.1, 0.15) is 17.2 Å². The van der Waals surface area contributed by atoms with Crippen LogP contribution < -0.4 is 5.32 Å². The zero-order valence-electron chi connectivity index (χ0n) is 11.0. The average molecular weight is 289 g/mol. The second kappa shape index (κ2) is 6.15. The Labute approximate surface area is 120 Å². The van der Waals surface area contributed by atoms with Gasteiger partial charge in [0.15, 0.2) is 11.5 Å². The molecule has 2 aromatic carbocycles. The molecular formula is C15H15NO5. The molecule has 0 heterocycles. The first-order valence-corrected chi connectivity index (χ1v) is 6.24. The monoisotopic (exact) mass is 289 g/mol. The van der Waals surface area contributed by atoms with Gasteiger partial charge in [0.2, 0.25) is 5.75 Å². The second-order valence-electron chi connectivity index (χ2n) is 4.50. The molecule has 5 N–H and O–H groups in total. The van der Waals surface area contributed by atoms with E-state index >= 15 is 0 Å². The van der Waals surface area contributed by atoms with Gasteiger partial charge in [-0.05, 0) is 11.6 Å². The third-order valence-corrected chi connectivity index (χ3v) is 3.09. The van der Waals surface area contributed by atoms with Crippen molar-refractivity contribution in [1.29, 1.82) is 0 Å². The SMILES string of the molecule is O=C(O)C(NCc1ccc(O)c(O)c1O)c1ccccc1. The van der Waals surface area contributed by atoms with Crippen molar-refractivity contribution in [1.82, 2.24) is 5.32 Å². The minimum absolute atomic E-state index is 0.0194. The van der Waals surface area contributed by atoms with Crippen LogP contribution in [0, 0.1) is 0 Å². The first-order valence-electron chi connectivity index (χ1n) is 6.24. The molecule has 110 valence electrons. The Bertz CT molecular complexity index is 642. The molecule has 2 aromatic rings. The van der Waals surface area contributed by atoms with Gasteiger partial charge in [-0.25, -0.2) is 0 Å². The highest BCUT2D eigenvalue weighted by Gasteiger charge is 2.20. The van der Waals surface area contributed by atoms with Gasteiger partial charge in [0.05, 0.1) is 0 Å². The normalized spacial score (nSPS) is 12.0. The van der Waals surface area contributed by atoms with E-state index in [0.717, 1.165) is 0 Å². The maximum atomic E-state index is 11.3. The molecule has 0 saturated heterocycles. The molecule has 0 radical (unpaired) electrons. The van der Waals surface area contributed by atoms with Gasteiger partial charge in [0.25, 0.3) is 0 Å². The lowest BCUT2D eigenvalue weighted by Gasteiger charge is -2.16. The molecule has 21 heavy (non-hydrogen) atoms. The van der Waals surface area contributed by atoms with Gasteiger partial charge in [-0.3, -0.25) is 10.1 Å². The second-order valence-corrected chi connectivity index (χ2v) is 4.50. The molecule has 0 saturated carbocycles. The van der Waals surface area contributed by atoms with Crippen LogP contribution in [-0.2, 0) is 11.3 Å². The maximum Gasteiger partial charge on any atom is 0.325 e. The van der Waals surface area contributed by atoms with Crippen molar-refractivity contribution in [2.24, 2.45) is 0 Å². The van der Waals surface area contributed by atoms with E-state index in [-0.39, 0.29) is 12.1 Å². The Balaban J connectivity index is 2.17. The number of rotatable bonds is 5. The summed E-state index contributed by atoms with van der Waals surface area (Å²) in [6.07, 6.45) is 0. The van der Waals surface area contributed by atoms with Crippen molar-refractivity contribution in [3.05, 3.63) is 53.6 Å².